The maximum Gasteiger partial charge on any atom is 0.328 e. The molecule has 74 valence electrons. The van der Waals surface area contributed by atoms with Gasteiger partial charge >= 0.3 is 5.97 Å². The molecule has 0 unspecified atom stereocenters. The molecule has 2 nitrogen and oxygen atoms in total. The molecule has 0 spiro atoms. The minimum atomic E-state index is -1.15. The first-order valence-electron chi connectivity index (χ1n) is 3.57. The smallest absolute Gasteiger partial charge is 0.328 e. The van der Waals surface area contributed by atoms with E-state index in [0.717, 1.165) is 18.2 Å². The lowest BCUT2D eigenvalue weighted by molar-refractivity contribution is -0.131. The average molecular weight is 235 g/mol. The summed E-state index contributed by atoms with van der Waals surface area (Å²) in [6.07, 6.45) is 1.99. The number of carboxylic acid groups (broad SMARTS) is 1. The van der Waals surface area contributed by atoms with Crippen LogP contribution in [0.1, 0.15) is 5.56 Å². The molecule has 0 aromatic heterocycles. The Morgan fingerprint density at radius 2 is 2.07 bits per heavy atom. The fraction of sp³-hybridized carbons (Fsp3) is 0. The molecule has 0 saturated carbocycles. The lowest BCUT2D eigenvalue weighted by atomic mass is 10.2. The molecule has 1 aromatic rings. The molecule has 0 heterocycles. The number of hydrogen-bond donors (Lipinski definition) is 1. The summed E-state index contributed by atoms with van der Waals surface area (Å²) in [7, 11) is 0. The van der Waals surface area contributed by atoms with Crippen LogP contribution in [-0.2, 0) is 4.79 Å². The molecular formula is C9H5Cl2FO2. The van der Waals surface area contributed by atoms with Crippen LogP contribution >= 0.6 is 23.2 Å². The SMILES string of the molecule is O=C(O)C=Cc1c(Cl)ccc(F)c1Cl. The number of carbonyl (C=O) groups is 1. The Labute approximate surface area is 89.6 Å². The highest BCUT2D eigenvalue weighted by molar-refractivity contribution is 6.37. The van der Waals surface area contributed by atoms with Crippen LogP contribution in [0.5, 0.6) is 0 Å². The molecular weight excluding hydrogens is 230 g/mol. The largest absolute Gasteiger partial charge is 0.478 e. The van der Waals surface area contributed by atoms with Crippen LogP contribution in [0.2, 0.25) is 10.0 Å². The second-order valence-corrected chi connectivity index (χ2v) is 3.21. The van der Waals surface area contributed by atoms with E-state index in [4.69, 9.17) is 28.3 Å². The van der Waals surface area contributed by atoms with Gasteiger partial charge in [-0.2, -0.15) is 0 Å². The molecule has 0 saturated heterocycles. The van der Waals surface area contributed by atoms with Crippen molar-refractivity contribution in [3.05, 3.63) is 39.6 Å². The van der Waals surface area contributed by atoms with E-state index in [0.29, 0.717) is 0 Å². The molecule has 0 aliphatic carbocycles. The van der Waals surface area contributed by atoms with Crippen molar-refractivity contribution < 1.29 is 14.3 Å². The molecule has 0 amide bonds. The predicted octanol–water partition coefficient (Wildman–Crippen LogP) is 3.23. The highest BCUT2D eigenvalue weighted by Gasteiger charge is 2.07. The molecule has 0 aliphatic rings. The molecule has 1 aromatic carbocycles. The van der Waals surface area contributed by atoms with Crippen LogP contribution in [-0.4, -0.2) is 11.1 Å². The Kier molecular flexibility index (Phi) is 3.49. The van der Waals surface area contributed by atoms with E-state index in [1.807, 2.05) is 0 Å². The van der Waals surface area contributed by atoms with Crippen molar-refractivity contribution in [1.29, 1.82) is 0 Å². The number of aliphatic carboxylic acids is 1. The monoisotopic (exact) mass is 234 g/mol. The zero-order chi connectivity index (χ0) is 10.7. The maximum atomic E-state index is 12.9. The van der Waals surface area contributed by atoms with Crippen LogP contribution in [0, 0.1) is 5.82 Å². The van der Waals surface area contributed by atoms with E-state index in [1.54, 1.807) is 0 Å². The van der Waals surface area contributed by atoms with Gasteiger partial charge < -0.3 is 5.11 Å². The van der Waals surface area contributed by atoms with Gasteiger partial charge in [0.2, 0.25) is 0 Å². The molecule has 5 heteroatoms. The topological polar surface area (TPSA) is 37.3 Å². The quantitative estimate of drug-likeness (QED) is 0.631. The van der Waals surface area contributed by atoms with Crippen LogP contribution < -0.4 is 0 Å². The van der Waals surface area contributed by atoms with Crippen molar-refractivity contribution in [3.8, 4) is 0 Å². The molecule has 1 N–H and O–H groups in total. The van der Waals surface area contributed by atoms with Crippen LogP contribution in [0.25, 0.3) is 6.08 Å². The van der Waals surface area contributed by atoms with Crippen molar-refractivity contribution in [3.63, 3.8) is 0 Å². The number of halogens is 3. The van der Waals surface area contributed by atoms with E-state index in [1.165, 1.54) is 6.07 Å². The number of rotatable bonds is 2. The fourth-order valence-corrected chi connectivity index (χ4v) is 1.35. The minimum absolute atomic E-state index is 0.163. The Morgan fingerprint density at radius 1 is 1.43 bits per heavy atom. The molecule has 0 fully saturated rings. The van der Waals surface area contributed by atoms with Crippen molar-refractivity contribution in [2.45, 2.75) is 0 Å². The zero-order valence-corrected chi connectivity index (χ0v) is 8.31. The van der Waals surface area contributed by atoms with E-state index < -0.39 is 11.8 Å². The van der Waals surface area contributed by atoms with Gasteiger partial charge in [-0.05, 0) is 18.2 Å². The van der Waals surface area contributed by atoms with Crippen molar-refractivity contribution in [1.82, 2.24) is 0 Å². The number of hydrogen-bond acceptors (Lipinski definition) is 1. The summed E-state index contributed by atoms with van der Waals surface area (Å²) in [6.45, 7) is 0. The van der Waals surface area contributed by atoms with Crippen LogP contribution in [0.4, 0.5) is 4.39 Å². The molecule has 1 rings (SSSR count). The van der Waals surface area contributed by atoms with Crippen molar-refractivity contribution in [2.75, 3.05) is 0 Å². The Bertz CT molecular complexity index is 402. The summed E-state index contributed by atoms with van der Waals surface area (Å²) in [4.78, 5) is 10.2. The average Bonchev–Trinajstić information content (AvgIpc) is 2.11. The van der Waals surface area contributed by atoms with E-state index in [-0.39, 0.29) is 15.6 Å². The molecule has 0 atom stereocenters. The summed E-state index contributed by atoms with van der Waals surface area (Å²) >= 11 is 11.3. The summed E-state index contributed by atoms with van der Waals surface area (Å²) in [6, 6.07) is 2.42. The van der Waals surface area contributed by atoms with E-state index in [9.17, 15) is 9.18 Å². The molecule has 14 heavy (non-hydrogen) atoms. The Morgan fingerprint density at radius 3 is 2.64 bits per heavy atom. The molecule has 0 aliphatic heterocycles. The van der Waals surface area contributed by atoms with Gasteiger partial charge in [0.15, 0.2) is 0 Å². The third-order valence-corrected chi connectivity index (χ3v) is 2.19. The predicted molar refractivity (Wildman–Crippen MR) is 53.1 cm³/mol. The second kappa shape index (κ2) is 4.44. The van der Waals surface area contributed by atoms with Gasteiger partial charge in [0.1, 0.15) is 5.82 Å². The summed E-state index contributed by atoms with van der Waals surface area (Å²) in [5, 5.41) is 8.38. The third-order valence-electron chi connectivity index (χ3n) is 1.47. The lowest BCUT2D eigenvalue weighted by Gasteiger charge is -2.01. The third kappa shape index (κ3) is 2.47. The first-order chi connectivity index (χ1) is 6.52. The normalized spacial score (nSPS) is 10.8. The summed E-state index contributed by atoms with van der Waals surface area (Å²) in [5.74, 6) is -1.79. The van der Waals surface area contributed by atoms with Gasteiger partial charge in [0, 0.05) is 16.7 Å². The second-order valence-electron chi connectivity index (χ2n) is 2.43. The first kappa shape index (κ1) is 11.0. The van der Waals surface area contributed by atoms with Crippen molar-refractivity contribution in [2.24, 2.45) is 0 Å². The Hall–Kier alpha value is -1.06. The molecule has 0 radical (unpaired) electrons. The van der Waals surface area contributed by atoms with Crippen LogP contribution in [0.15, 0.2) is 18.2 Å². The van der Waals surface area contributed by atoms with Gasteiger partial charge in [-0.1, -0.05) is 23.2 Å². The van der Waals surface area contributed by atoms with Crippen molar-refractivity contribution >= 4 is 35.2 Å². The number of carboxylic acids is 1. The van der Waals surface area contributed by atoms with E-state index >= 15 is 0 Å². The van der Waals surface area contributed by atoms with Crippen LogP contribution in [0.3, 0.4) is 0 Å². The minimum Gasteiger partial charge on any atom is -0.478 e. The molecule has 0 bridgehead atoms. The zero-order valence-electron chi connectivity index (χ0n) is 6.80. The lowest BCUT2D eigenvalue weighted by Crippen LogP contribution is -1.88. The Balaban J connectivity index is 3.19. The van der Waals surface area contributed by atoms with Gasteiger partial charge in [-0.3, -0.25) is 0 Å². The fourth-order valence-electron chi connectivity index (χ4n) is 0.850. The highest BCUT2D eigenvalue weighted by Crippen LogP contribution is 2.28. The maximum absolute atomic E-state index is 12.9. The number of benzene rings is 1. The van der Waals surface area contributed by atoms with Gasteiger partial charge in [0.05, 0.1) is 5.02 Å². The van der Waals surface area contributed by atoms with E-state index in [2.05, 4.69) is 0 Å². The van der Waals surface area contributed by atoms with Gasteiger partial charge in [-0.15, -0.1) is 0 Å². The van der Waals surface area contributed by atoms with Gasteiger partial charge in [-0.25, -0.2) is 9.18 Å². The standard InChI is InChI=1S/C9H5Cl2FO2/c10-6-2-3-7(12)9(11)5(6)1-4-8(13)14/h1-4H,(H,13,14). The summed E-state index contributed by atoms with van der Waals surface area (Å²) < 4.78 is 12.9. The first-order valence-corrected chi connectivity index (χ1v) is 4.32. The van der Waals surface area contributed by atoms with Gasteiger partial charge in [0.25, 0.3) is 0 Å². The summed E-state index contributed by atoms with van der Waals surface area (Å²) in [5.41, 5.74) is 0.163. The highest BCUT2D eigenvalue weighted by atomic mass is 35.5.